The number of hydrogen-bond acceptors (Lipinski definition) is 3. The Morgan fingerprint density at radius 2 is 2.17 bits per heavy atom. The molecule has 0 saturated heterocycles. The molecule has 0 radical (unpaired) electrons. The molecule has 0 saturated carbocycles. The summed E-state index contributed by atoms with van der Waals surface area (Å²) in [5.41, 5.74) is 1.11. The Morgan fingerprint density at radius 1 is 1.29 bits per heavy atom. The van der Waals surface area contributed by atoms with Gasteiger partial charge in [-0.1, -0.05) is 23.2 Å². The van der Waals surface area contributed by atoms with E-state index in [1.807, 2.05) is 12.1 Å². The fourth-order valence-corrected chi connectivity index (χ4v) is 2.78. The van der Waals surface area contributed by atoms with Crippen LogP contribution in [0.5, 0.6) is 0 Å². The van der Waals surface area contributed by atoms with Gasteiger partial charge in [-0.3, -0.25) is 4.79 Å². The summed E-state index contributed by atoms with van der Waals surface area (Å²) in [6, 6.07) is 8.94. The summed E-state index contributed by atoms with van der Waals surface area (Å²) < 4.78 is 10.6. The molecule has 0 fully saturated rings. The number of furan rings is 1. The number of aromatic nitrogens is 1. The number of aromatic amines is 1. The molecule has 5 nitrogen and oxygen atoms in total. The molecule has 1 aromatic carbocycles. The van der Waals surface area contributed by atoms with Gasteiger partial charge in [0.15, 0.2) is 0 Å². The first kappa shape index (κ1) is 16.9. The molecule has 7 heteroatoms. The summed E-state index contributed by atoms with van der Waals surface area (Å²) in [5.74, 6) is 0.529. The molecule has 126 valence electrons. The van der Waals surface area contributed by atoms with E-state index in [4.69, 9.17) is 32.4 Å². The molecular formula is C17H16Cl2N2O3. The van der Waals surface area contributed by atoms with Gasteiger partial charge in [0.05, 0.1) is 11.3 Å². The van der Waals surface area contributed by atoms with Crippen LogP contribution in [0.2, 0.25) is 10.0 Å². The first-order valence-corrected chi connectivity index (χ1v) is 8.26. The van der Waals surface area contributed by atoms with Crippen LogP contribution >= 0.6 is 23.2 Å². The number of fused-ring (bicyclic) bond motifs is 1. The summed E-state index contributed by atoms with van der Waals surface area (Å²) in [4.78, 5) is 15.2. The fraction of sp³-hybridized carbons (Fsp3) is 0.235. The zero-order chi connectivity index (χ0) is 16.9. The molecule has 3 aromatic rings. The maximum Gasteiger partial charge on any atom is 0.269 e. The van der Waals surface area contributed by atoms with Gasteiger partial charge < -0.3 is 19.5 Å². The van der Waals surface area contributed by atoms with E-state index < -0.39 is 0 Å². The Balaban J connectivity index is 1.47. The van der Waals surface area contributed by atoms with Crippen LogP contribution in [0.15, 0.2) is 41.0 Å². The summed E-state index contributed by atoms with van der Waals surface area (Å²) in [6.45, 7) is 1.44. The third kappa shape index (κ3) is 3.93. The molecule has 2 heterocycles. The molecule has 1 amide bonds. The van der Waals surface area contributed by atoms with Crippen molar-refractivity contribution in [1.29, 1.82) is 0 Å². The van der Waals surface area contributed by atoms with Crippen molar-refractivity contribution < 1.29 is 13.9 Å². The lowest BCUT2D eigenvalue weighted by atomic mass is 10.2. The van der Waals surface area contributed by atoms with E-state index in [1.54, 1.807) is 24.5 Å². The number of ether oxygens (including phenoxy) is 1. The van der Waals surface area contributed by atoms with E-state index in [2.05, 4.69) is 10.3 Å². The van der Waals surface area contributed by atoms with Crippen molar-refractivity contribution in [2.45, 2.75) is 13.0 Å². The van der Waals surface area contributed by atoms with Crippen molar-refractivity contribution in [3.8, 4) is 0 Å². The third-order valence-electron chi connectivity index (χ3n) is 3.50. The first-order chi connectivity index (χ1) is 11.6. The highest BCUT2D eigenvalue weighted by atomic mass is 35.5. The van der Waals surface area contributed by atoms with Gasteiger partial charge in [0.25, 0.3) is 5.91 Å². The van der Waals surface area contributed by atoms with E-state index >= 15 is 0 Å². The highest BCUT2D eigenvalue weighted by Gasteiger charge is 2.16. The number of hydrogen-bond donors (Lipinski definition) is 2. The maximum atomic E-state index is 12.2. The zero-order valence-corrected chi connectivity index (χ0v) is 14.3. The molecule has 3 rings (SSSR count). The standard InChI is InChI=1S/C17H16Cl2N2O3/c18-11-4-5-14-13(9-11)15(19)16(21-14)17(22)20-6-2-7-23-10-12-3-1-8-24-12/h1,3-5,8-9,21H,2,6-7,10H2,(H,20,22). The van der Waals surface area contributed by atoms with Gasteiger partial charge in [0, 0.05) is 29.1 Å². The van der Waals surface area contributed by atoms with Crippen molar-refractivity contribution in [2.24, 2.45) is 0 Å². The van der Waals surface area contributed by atoms with Gasteiger partial charge in [-0.2, -0.15) is 0 Å². The predicted octanol–water partition coefficient (Wildman–Crippen LogP) is 4.40. The first-order valence-electron chi connectivity index (χ1n) is 7.50. The van der Waals surface area contributed by atoms with Crippen molar-refractivity contribution in [2.75, 3.05) is 13.2 Å². The lowest BCUT2D eigenvalue weighted by molar-refractivity contribution is 0.0914. The quantitative estimate of drug-likeness (QED) is 0.608. The number of carbonyl (C=O) groups excluding carboxylic acids is 1. The van der Waals surface area contributed by atoms with Crippen molar-refractivity contribution in [3.63, 3.8) is 0 Å². The Bertz CT molecular complexity index is 828. The Kier molecular flexibility index (Phi) is 5.45. The second-order valence-electron chi connectivity index (χ2n) is 5.25. The smallest absolute Gasteiger partial charge is 0.269 e. The molecule has 0 bridgehead atoms. The van der Waals surface area contributed by atoms with Crippen molar-refractivity contribution >= 4 is 40.0 Å². The fourth-order valence-electron chi connectivity index (χ4n) is 2.32. The third-order valence-corrected chi connectivity index (χ3v) is 4.13. The molecule has 0 atom stereocenters. The molecule has 0 aliphatic heterocycles. The highest BCUT2D eigenvalue weighted by molar-refractivity contribution is 6.39. The van der Waals surface area contributed by atoms with Crippen molar-refractivity contribution in [3.05, 3.63) is 58.1 Å². The monoisotopic (exact) mass is 366 g/mol. The van der Waals surface area contributed by atoms with E-state index in [-0.39, 0.29) is 5.91 Å². The lowest BCUT2D eigenvalue weighted by Crippen LogP contribution is -2.25. The highest BCUT2D eigenvalue weighted by Crippen LogP contribution is 2.29. The zero-order valence-electron chi connectivity index (χ0n) is 12.8. The van der Waals surface area contributed by atoms with Gasteiger partial charge in [-0.05, 0) is 36.8 Å². The topological polar surface area (TPSA) is 67.3 Å². The van der Waals surface area contributed by atoms with Crippen LogP contribution < -0.4 is 5.32 Å². The molecule has 2 aromatic heterocycles. The number of nitrogens with one attached hydrogen (secondary N) is 2. The van der Waals surface area contributed by atoms with Crippen LogP contribution in [-0.4, -0.2) is 24.0 Å². The minimum absolute atomic E-state index is 0.252. The van der Waals surface area contributed by atoms with E-state index in [9.17, 15) is 4.79 Å². The molecule has 2 N–H and O–H groups in total. The number of rotatable bonds is 7. The number of carbonyl (C=O) groups is 1. The normalized spacial score (nSPS) is 11.1. The van der Waals surface area contributed by atoms with Crippen LogP contribution in [0.25, 0.3) is 10.9 Å². The minimum Gasteiger partial charge on any atom is -0.467 e. The van der Waals surface area contributed by atoms with Gasteiger partial charge in [0.2, 0.25) is 0 Å². The molecule has 0 spiro atoms. The van der Waals surface area contributed by atoms with Crippen LogP contribution in [0, 0.1) is 0 Å². The van der Waals surface area contributed by atoms with Gasteiger partial charge in [0.1, 0.15) is 18.1 Å². The van der Waals surface area contributed by atoms with Crippen LogP contribution in [-0.2, 0) is 11.3 Å². The maximum absolute atomic E-state index is 12.2. The second-order valence-corrected chi connectivity index (χ2v) is 6.06. The van der Waals surface area contributed by atoms with Gasteiger partial charge in [-0.15, -0.1) is 0 Å². The van der Waals surface area contributed by atoms with Crippen LogP contribution in [0.1, 0.15) is 22.7 Å². The molecular weight excluding hydrogens is 351 g/mol. The number of H-pyrrole nitrogens is 1. The minimum atomic E-state index is -0.252. The summed E-state index contributed by atoms with van der Waals surface area (Å²) >= 11 is 12.2. The largest absolute Gasteiger partial charge is 0.467 e. The molecule has 24 heavy (non-hydrogen) atoms. The Hall–Kier alpha value is -1.95. The lowest BCUT2D eigenvalue weighted by Gasteiger charge is -2.05. The van der Waals surface area contributed by atoms with Crippen LogP contribution in [0.4, 0.5) is 0 Å². The predicted molar refractivity (Wildman–Crippen MR) is 93.6 cm³/mol. The number of halogens is 2. The molecule has 0 aliphatic rings. The molecule has 0 unspecified atom stereocenters. The van der Waals surface area contributed by atoms with E-state index in [0.29, 0.717) is 41.9 Å². The Morgan fingerprint density at radius 3 is 2.96 bits per heavy atom. The summed E-state index contributed by atoms with van der Waals surface area (Å²) in [5, 5.41) is 4.50. The number of benzene rings is 1. The van der Waals surface area contributed by atoms with Crippen LogP contribution in [0.3, 0.4) is 0 Å². The van der Waals surface area contributed by atoms with E-state index in [1.165, 1.54) is 0 Å². The van der Waals surface area contributed by atoms with Gasteiger partial charge >= 0.3 is 0 Å². The van der Waals surface area contributed by atoms with E-state index in [0.717, 1.165) is 16.7 Å². The number of amides is 1. The van der Waals surface area contributed by atoms with Gasteiger partial charge in [-0.25, -0.2) is 0 Å². The van der Waals surface area contributed by atoms with Crippen molar-refractivity contribution in [1.82, 2.24) is 10.3 Å². The average Bonchev–Trinajstić information content (AvgIpc) is 3.19. The second kappa shape index (κ2) is 7.75. The molecule has 0 aliphatic carbocycles. The summed E-state index contributed by atoms with van der Waals surface area (Å²) in [7, 11) is 0. The summed E-state index contributed by atoms with van der Waals surface area (Å²) in [6.07, 6.45) is 2.30. The SMILES string of the molecule is O=C(NCCCOCc1ccco1)c1[nH]c2ccc(Cl)cc2c1Cl. The average molecular weight is 367 g/mol. The Labute approximate surface area is 148 Å².